The lowest BCUT2D eigenvalue weighted by atomic mass is 9.93. The molecular weight excluding hydrogens is 508 g/mol. The summed E-state index contributed by atoms with van der Waals surface area (Å²) in [5.74, 6) is -0.782. The maximum Gasteiger partial charge on any atom is 0.301 e. The number of aromatic nitrogens is 1. The molecule has 1 fully saturated rings. The Morgan fingerprint density at radius 1 is 1.08 bits per heavy atom. The number of thiazole rings is 1. The van der Waals surface area contributed by atoms with Crippen molar-refractivity contribution in [2.24, 2.45) is 0 Å². The highest BCUT2D eigenvalue weighted by molar-refractivity contribution is 7.22. The number of halogens is 1. The highest BCUT2D eigenvalue weighted by Gasteiger charge is 2.48. The molecule has 188 valence electrons. The summed E-state index contributed by atoms with van der Waals surface area (Å²) < 4.78 is 6.29. The van der Waals surface area contributed by atoms with Crippen LogP contribution in [0.2, 0.25) is 5.02 Å². The number of Topliss-reactive ketones (excluding diaryl/α,β-unsaturated/α-hetero) is 1. The molecule has 4 aromatic rings. The number of aliphatic hydroxyl groups is 1. The first kappa shape index (κ1) is 25.0. The Morgan fingerprint density at radius 2 is 1.78 bits per heavy atom. The van der Waals surface area contributed by atoms with Crippen LogP contribution in [-0.2, 0) is 9.59 Å². The van der Waals surface area contributed by atoms with Crippen molar-refractivity contribution in [2.45, 2.75) is 32.7 Å². The molecule has 6 nitrogen and oxygen atoms in total. The van der Waals surface area contributed by atoms with Crippen molar-refractivity contribution in [3.05, 3.63) is 94.0 Å². The summed E-state index contributed by atoms with van der Waals surface area (Å²) in [5, 5.41) is 12.3. The standard InChI is InChI=1S/C29H25ClN2O4S/c1-4-36-21-12-9-19(10-13-21)26(33)24-25(18-7-5-17(6-8-18)16(2)3)32(28(35)27(24)34)29-31-22-14-11-20(30)15-23(22)37-29/h5-16,25,33H,4H2,1-3H3. The largest absolute Gasteiger partial charge is 0.507 e. The Labute approximate surface area is 223 Å². The van der Waals surface area contributed by atoms with Gasteiger partial charge in [0.25, 0.3) is 5.78 Å². The third-order valence-corrected chi connectivity index (χ3v) is 7.60. The minimum absolute atomic E-state index is 0.0174. The summed E-state index contributed by atoms with van der Waals surface area (Å²) in [7, 11) is 0. The zero-order valence-electron chi connectivity index (χ0n) is 20.6. The molecule has 37 heavy (non-hydrogen) atoms. The highest BCUT2D eigenvalue weighted by Crippen LogP contribution is 2.44. The van der Waals surface area contributed by atoms with Crippen LogP contribution in [0.4, 0.5) is 5.13 Å². The van der Waals surface area contributed by atoms with E-state index in [-0.39, 0.29) is 11.3 Å². The van der Waals surface area contributed by atoms with E-state index in [4.69, 9.17) is 16.3 Å². The molecule has 0 bridgehead atoms. The van der Waals surface area contributed by atoms with Crippen LogP contribution in [0.15, 0.2) is 72.3 Å². The van der Waals surface area contributed by atoms with Crippen LogP contribution in [-0.4, -0.2) is 28.4 Å². The van der Waals surface area contributed by atoms with Crippen LogP contribution in [0, 0.1) is 0 Å². The van der Waals surface area contributed by atoms with Gasteiger partial charge in [-0.25, -0.2) is 4.98 Å². The second kappa shape index (κ2) is 10.00. The SMILES string of the molecule is CCOc1ccc(C(O)=C2C(=O)C(=O)N(c3nc4ccc(Cl)cc4s3)C2c2ccc(C(C)C)cc2)cc1. The summed E-state index contributed by atoms with van der Waals surface area (Å²) in [6.07, 6.45) is 0. The molecule has 0 saturated carbocycles. The molecular formula is C29H25ClN2O4S. The molecule has 5 rings (SSSR count). The number of nitrogens with zero attached hydrogens (tertiary/aromatic N) is 2. The van der Waals surface area contributed by atoms with E-state index < -0.39 is 17.7 Å². The fourth-order valence-corrected chi connectivity index (χ4v) is 5.70. The molecule has 1 amide bonds. The van der Waals surface area contributed by atoms with Gasteiger partial charge in [-0.05, 0) is 66.4 Å². The average Bonchev–Trinajstić information content (AvgIpc) is 3.42. The molecule has 8 heteroatoms. The molecule has 0 aliphatic carbocycles. The van der Waals surface area contributed by atoms with Crippen molar-refractivity contribution in [3.8, 4) is 5.75 Å². The Kier molecular flexibility index (Phi) is 6.75. The second-order valence-corrected chi connectivity index (χ2v) is 10.5. The summed E-state index contributed by atoms with van der Waals surface area (Å²) >= 11 is 7.44. The maximum atomic E-state index is 13.4. The van der Waals surface area contributed by atoms with Gasteiger partial charge in [-0.2, -0.15) is 0 Å². The molecule has 3 aromatic carbocycles. The first-order chi connectivity index (χ1) is 17.8. The second-order valence-electron chi connectivity index (χ2n) is 9.06. The lowest BCUT2D eigenvalue weighted by Gasteiger charge is -2.23. The fraction of sp³-hybridized carbons (Fsp3) is 0.207. The van der Waals surface area contributed by atoms with E-state index in [1.165, 1.54) is 16.2 Å². The van der Waals surface area contributed by atoms with Crippen LogP contribution in [0.3, 0.4) is 0 Å². The van der Waals surface area contributed by atoms with Gasteiger partial charge in [-0.3, -0.25) is 14.5 Å². The van der Waals surface area contributed by atoms with Crippen LogP contribution in [0.25, 0.3) is 16.0 Å². The van der Waals surface area contributed by atoms with E-state index >= 15 is 0 Å². The van der Waals surface area contributed by atoms with E-state index in [9.17, 15) is 14.7 Å². The number of anilines is 1. The number of carbonyl (C=O) groups excluding carboxylic acids is 2. The van der Waals surface area contributed by atoms with Crippen LogP contribution in [0.5, 0.6) is 5.75 Å². The number of rotatable bonds is 6. The van der Waals surface area contributed by atoms with Gasteiger partial charge in [0.1, 0.15) is 11.5 Å². The third kappa shape index (κ3) is 4.61. The first-order valence-corrected chi connectivity index (χ1v) is 13.2. The summed E-state index contributed by atoms with van der Waals surface area (Å²) in [6, 6.07) is 19.0. The predicted octanol–water partition coefficient (Wildman–Crippen LogP) is 7.10. The number of ketones is 1. The van der Waals surface area contributed by atoms with Crippen molar-refractivity contribution in [2.75, 3.05) is 11.5 Å². The van der Waals surface area contributed by atoms with Gasteiger partial charge in [-0.1, -0.05) is 61.1 Å². The zero-order valence-corrected chi connectivity index (χ0v) is 22.1. The molecule has 1 aliphatic heterocycles. The van der Waals surface area contributed by atoms with Crippen LogP contribution in [0.1, 0.15) is 49.4 Å². The van der Waals surface area contributed by atoms with Gasteiger partial charge in [0.05, 0.1) is 28.4 Å². The molecule has 1 N–H and O–H groups in total. The lowest BCUT2D eigenvalue weighted by molar-refractivity contribution is -0.132. The molecule has 2 heterocycles. The van der Waals surface area contributed by atoms with E-state index in [2.05, 4.69) is 18.8 Å². The predicted molar refractivity (Wildman–Crippen MR) is 148 cm³/mol. The topological polar surface area (TPSA) is 79.7 Å². The maximum absolute atomic E-state index is 13.4. The average molecular weight is 533 g/mol. The smallest absolute Gasteiger partial charge is 0.301 e. The molecule has 0 radical (unpaired) electrons. The zero-order chi connectivity index (χ0) is 26.3. The Balaban J connectivity index is 1.68. The number of aliphatic hydroxyl groups excluding tert-OH is 1. The normalized spacial score (nSPS) is 17.2. The Hall–Kier alpha value is -3.68. The monoisotopic (exact) mass is 532 g/mol. The highest BCUT2D eigenvalue weighted by atomic mass is 35.5. The number of benzene rings is 3. The quantitative estimate of drug-likeness (QED) is 0.163. The fourth-order valence-electron chi connectivity index (χ4n) is 4.43. The number of hydrogen-bond acceptors (Lipinski definition) is 6. The van der Waals surface area contributed by atoms with E-state index in [1.807, 2.05) is 31.2 Å². The number of ether oxygens (including phenoxy) is 1. The number of fused-ring (bicyclic) bond motifs is 1. The Bertz CT molecular complexity index is 1520. The van der Waals surface area contributed by atoms with Crippen LogP contribution >= 0.6 is 22.9 Å². The summed E-state index contributed by atoms with van der Waals surface area (Å²) in [5.41, 5.74) is 2.94. The van der Waals surface area contributed by atoms with Crippen molar-refractivity contribution in [3.63, 3.8) is 0 Å². The lowest BCUT2D eigenvalue weighted by Crippen LogP contribution is -2.29. The van der Waals surface area contributed by atoms with Gasteiger partial charge in [0.2, 0.25) is 0 Å². The molecule has 1 unspecified atom stereocenters. The van der Waals surface area contributed by atoms with Gasteiger partial charge < -0.3 is 9.84 Å². The number of carbonyl (C=O) groups is 2. The number of hydrogen-bond donors (Lipinski definition) is 1. The Morgan fingerprint density at radius 3 is 2.43 bits per heavy atom. The van der Waals surface area contributed by atoms with Gasteiger partial charge in [0.15, 0.2) is 5.13 Å². The third-order valence-electron chi connectivity index (χ3n) is 6.35. The molecule has 1 aromatic heterocycles. The molecule has 0 spiro atoms. The first-order valence-electron chi connectivity index (χ1n) is 12.0. The van der Waals surface area contributed by atoms with Crippen molar-refractivity contribution >= 4 is 55.7 Å². The molecule has 1 saturated heterocycles. The van der Waals surface area contributed by atoms with Crippen molar-refractivity contribution < 1.29 is 19.4 Å². The van der Waals surface area contributed by atoms with E-state index in [0.717, 1.165) is 10.3 Å². The summed E-state index contributed by atoms with van der Waals surface area (Å²) in [6.45, 7) is 6.59. The minimum atomic E-state index is -0.844. The van der Waals surface area contributed by atoms with E-state index in [1.54, 1.807) is 42.5 Å². The molecule has 1 atom stereocenters. The van der Waals surface area contributed by atoms with Crippen LogP contribution < -0.4 is 9.64 Å². The number of amides is 1. The van der Waals surface area contributed by atoms with Crippen molar-refractivity contribution in [1.29, 1.82) is 0 Å². The van der Waals surface area contributed by atoms with Gasteiger partial charge in [0, 0.05) is 10.6 Å². The molecule has 1 aliphatic rings. The van der Waals surface area contributed by atoms with Gasteiger partial charge in [-0.15, -0.1) is 0 Å². The van der Waals surface area contributed by atoms with E-state index in [0.29, 0.717) is 45.1 Å². The van der Waals surface area contributed by atoms with Crippen molar-refractivity contribution in [1.82, 2.24) is 4.98 Å². The minimum Gasteiger partial charge on any atom is -0.507 e. The summed E-state index contributed by atoms with van der Waals surface area (Å²) in [4.78, 5) is 32.9. The van der Waals surface area contributed by atoms with Gasteiger partial charge >= 0.3 is 5.91 Å².